The van der Waals surface area contributed by atoms with Gasteiger partial charge in [0.25, 0.3) is 0 Å². The van der Waals surface area contributed by atoms with Crippen LogP contribution < -0.4 is 14.8 Å². The zero-order chi connectivity index (χ0) is 24.0. The molecule has 1 aliphatic carbocycles. The number of alkyl halides is 3. The number of rotatable bonds is 4. The van der Waals surface area contributed by atoms with E-state index in [0.29, 0.717) is 40.7 Å². The minimum Gasteiger partial charge on any atom is -0.493 e. The van der Waals surface area contributed by atoms with E-state index in [1.165, 1.54) is 23.1 Å². The first-order valence-corrected chi connectivity index (χ1v) is 10.6. The Kier molecular flexibility index (Phi) is 5.30. The Morgan fingerprint density at radius 2 is 1.71 bits per heavy atom. The predicted molar refractivity (Wildman–Crippen MR) is 117 cm³/mol. The van der Waals surface area contributed by atoms with Gasteiger partial charge >= 0.3 is 6.18 Å². The Labute approximate surface area is 193 Å². The highest BCUT2D eigenvalue weighted by molar-refractivity contribution is 6.00. The van der Waals surface area contributed by atoms with Crippen LogP contribution in [0.5, 0.6) is 11.5 Å². The van der Waals surface area contributed by atoms with Crippen LogP contribution in [0.25, 0.3) is 0 Å². The van der Waals surface area contributed by atoms with E-state index in [2.05, 4.69) is 15.4 Å². The van der Waals surface area contributed by atoms with Gasteiger partial charge in [-0.05, 0) is 47.7 Å². The normalized spacial score (nSPS) is 19.9. The highest BCUT2D eigenvalue weighted by atomic mass is 19.4. The molecule has 3 aromatic rings. The third-order valence-electron chi connectivity index (χ3n) is 6.29. The number of ether oxygens (including phenoxy) is 2. The number of benzene rings is 2. The number of nitrogens with one attached hydrogen (secondary N) is 1. The molecule has 2 unspecified atom stereocenters. The molecule has 7 nitrogen and oxygen atoms in total. The van der Waals surface area contributed by atoms with Crippen molar-refractivity contribution in [2.24, 2.45) is 0 Å². The van der Waals surface area contributed by atoms with E-state index in [1.54, 1.807) is 20.3 Å². The summed E-state index contributed by atoms with van der Waals surface area (Å²) in [5, 5.41) is 7.44. The van der Waals surface area contributed by atoms with E-state index in [1.807, 2.05) is 12.1 Å². The van der Waals surface area contributed by atoms with Crippen molar-refractivity contribution in [2.75, 3.05) is 19.5 Å². The summed E-state index contributed by atoms with van der Waals surface area (Å²) >= 11 is 0. The van der Waals surface area contributed by atoms with E-state index in [4.69, 9.17) is 9.47 Å². The van der Waals surface area contributed by atoms with Crippen molar-refractivity contribution in [3.05, 3.63) is 76.8 Å². The summed E-state index contributed by atoms with van der Waals surface area (Å²) in [6.45, 7) is 0. The number of fused-ring (bicyclic) bond motifs is 1. The molecular weight excluding hydrogens is 449 g/mol. The average molecular weight is 470 g/mol. The molecule has 2 aromatic carbocycles. The van der Waals surface area contributed by atoms with E-state index >= 15 is 0 Å². The number of ketones is 1. The third kappa shape index (κ3) is 3.68. The Bertz CT molecular complexity index is 1280. The van der Waals surface area contributed by atoms with Gasteiger partial charge in [0.15, 0.2) is 17.3 Å². The zero-order valence-electron chi connectivity index (χ0n) is 18.4. The second-order valence-corrected chi connectivity index (χ2v) is 8.21. The van der Waals surface area contributed by atoms with Crippen molar-refractivity contribution in [3.8, 4) is 11.5 Å². The van der Waals surface area contributed by atoms with Crippen molar-refractivity contribution in [1.29, 1.82) is 0 Å². The maximum Gasteiger partial charge on any atom is 0.416 e. The quantitative estimate of drug-likeness (QED) is 0.594. The van der Waals surface area contributed by atoms with Gasteiger partial charge in [-0.15, -0.1) is 0 Å². The van der Waals surface area contributed by atoms with Crippen LogP contribution in [0.3, 0.4) is 0 Å². The number of methoxy groups -OCH3 is 2. The lowest BCUT2D eigenvalue weighted by molar-refractivity contribution is -0.137. The largest absolute Gasteiger partial charge is 0.493 e. The Morgan fingerprint density at radius 3 is 2.38 bits per heavy atom. The Morgan fingerprint density at radius 1 is 1.00 bits per heavy atom. The van der Waals surface area contributed by atoms with Gasteiger partial charge < -0.3 is 14.8 Å². The summed E-state index contributed by atoms with van der Waals surface area (Å²) in [4.78, 5) is 17.7. The molecule has 0 spiro atoms. The van der Waals surface area contributed by atoms with E-state index in [9.17, 15) is 18.0 Å². The highest BCUT2D eigenvalue weighted by Crippen LogP contribution is 2.45. The lowest BCUT2D eigenvalue weighted by Crippen LogP contribution is -2.33. The molecule has 2 atom stereocenters. The molecule has 176 valence electrons. The Hall–Kier alpha value is -3.82. The Balaban J connectivity index is 1.53. The summed E-state index contributed by atoms with van der Waals surface area (Å²) < 4.78 is 51.5. The molecule has 0 radical (unpaired) electrons. The summed E-state index contributed by atoms with van der Waals surface area (Å²) in [5.74, 6) is 1.40. The molecule has 1 aromatic heterocycles. The minimum absolute atomic E-state index is 0.0976. The number of nitrogens with zero attached hydrogens (tertiary/aromatic N) is 3. The molecule has 34 heavy (non-hydrogen) atoms. The number of halogens is 3. The fourth-order valence-corrected chi connectivity index (χ4v) is 4.66. The average Bonchev–Trinajstić information content (AvgIpc) is 3.30. The maximum absolute atomic E-state index is 13.4. The molecule has 1 N–H and O–H groups in total. The minimum atomic E-state index is -4.44. The second kappa shape index (κ2) is 8.19. The van der Waals surface area contributed by atoms with Crippen LogP contribution in [0.2, 0.25) is 0 Å². The number of aromatic nitrogens is 3. The van der Waals surface area contributed by atoms with Gasteiger partial charge in [-0.3, -0.25) is 4.79 Å². The lowest BCUT2D eigenvalue weighted by atomic mass is 9.78. The number of anilines is 1. The molecule has 0 saturated heterocycles. The van der Waals surface area contributed by atoms with Crippen LogP contribution in [0.1, 0.15) is 41.5 Å². The van der Waals surface area contributed by atoms with E-state index in [-0.39, 0.29) is 18.1 Å². The van der Waals surface area contributed by atoms with Gasteiger partial charge in [0, 0.05) is 17.7 Å². The molecule has 0 fully saturated rings. The summed E-state index contributed by atoms with van der Waals surface area (Å²) in [7, 11) is 3.11. The number of hydrogen-bond acceptors (Lipinski definition) is 6. The third-order valence-corrected chi connectivity index (χ3v) is 6.29. The van der Waals surface area contributed by atoms with Crippen molar-refractivity contribution < 1.29 is 27.4 Å². The van der Waals surface area contributed by atoms with Crippen LogP contribution in [0, 0.1) is 0 Å². The van der Waals surface area contributed by atoms with Gasteiger partial charge in [-0.2, -0.15) is 23.3 Å². The zero-order valence-corrected chi connectivity index (χ0v) is 18.4. The molecule has 2 aliphatic rings. The summed E-state index contributed by atoms with van der Waals surface area (Å²) in [6.07, 6.45) is -2.31. The lowest BCUT2D eigenvalue weighted by Gasteiger charge is -2.35. The topological polar surface area (TPSA) is 78.3 Å². The van der Waals surface area contributed by atoms with Crippen molar-refractivity contribution in [1.82, 2.24) is 14.8 Å². The first-order chi connectivity index (χ1) is 16.3. The molecule has 0 saturated carbocycles. The number of allylic oxidation sites excluding steroid dienone is 2. The van der Waals surface area contributed by atoms with Crippen molar-refractivity contribution in [3.63, 3.8) is 0 Å². The number of hydrogen-bond donors (Lipinski definition) is 1. The molecular formula is C24H21F3N4O3. The maximum atomic E-state index is 13.4. The van der Waals surface area contributed by atoms with Gasteiger partial charge in [-0.25, -0.2) is 4.68 Å². The number of carbonyl (C=O) groups excluding carboxylic acids is 1. The standard InChI is InChI=1S/C24H21F3N4O3/c1-33-19-8-5-14(11-20(19)34-2)15-9-17-21(18(32)10-15)22(31-23(30-17)28-12-29-31)13-3-6-16(7-4-13)24(25,26)27/h3-8,11-12,15,22H,9-10H2,1-2H3,(H,28,29,30). The smallest absolute Gasteiger partial charge is 0.416 e. The predicted octanol–water partition coefficient (Wildman–Crippen LogP) is 4.73. The van der Waals surface area contributed by atoms with Crippen LogP contribution in [-0.4, -0.2) is 34.8 Å². The molecule has 10 heteroatoms. The number of carbonyl (C=O) groups is 1. The van der Waals surface area contributed by atoms with Crippen LogP contribution >= 0.6 is 0 Å². The summed E-state index contributed by atoms with van der Waals surface area (Å²) in [6, 6.07) is 9.74. The SMILES string of the molecule is COc1ccc(C2CC(=O)C3=C(C2)Nc2ncnn2C3c2ccc(C(F)(F)F)cc2)cc1OC. The molecule has 5 rings (SSSR count). The van der Waals surface area contributed by atoms with E-state index < -0.39 is 17.8 Å². The fraction of sp³-hybridized carbons (Fsp3) is 0.292. The monoisotopic (exact) mass is 470 g/mol. The van der Waals surface area contributed by atoms with Gasteiger partial charge in [-0.1, -0.05) is 18.2 Å². The van der Waals surface area contributed by atoms with E-state index in [0.717, 1.165) is 17.7 Å². The highest BCUT2D eigenvalue weighted by Gasteiger charge is 2.40. The van der Waals surface area contributed by atoms with Gasteiger partial charge in [0.1, 0.15) is 12.4 Å². The molecule has 0 bridgehead atoms. The van der Waals surface area contributed by atoms with Gasteiger partial charge in [0.05, 0.1) is 19.8 Å². The van der Waals surface area contributed by atoms with Crippen LogP contribution in [0.4, 0.5) is 19.1 Å². The molecule has 1 aliphatic heterocycles. The second-order valence-electron chi connectivity index (χ2n) is 8.21. The molecule has 2 heterocycles. The van der Waals surface area contributed by atoms with Crippen molar-refractivity contribution >= 4 is 11.7 Å². The first-order valence-electron chi connectivity index (χ1n) is 10.6. The van der Waals surface area contributed by atoms with Crippen molar-refractivity contribution in [2.45, 2.75) is 31.0 Å². The summed E-state index contributed by atoms with van der Waals surface area (Å²) in [5.41, 5.74) is 1.90. The molecule has 0 amide bonds. The van der Waals surface area contributed by atoms with Gasteiger partial charge in [0.2, 0.25) is 5.95 Å². The first kappa shape index (κ1) is 22.0. The van der Waals surface area contributed by atoms with Crippen LogP contribution in [0.15, 0.2) is 60.1 Å². The number of Topliss-reactive ketones (excluding diaryl/α,β-unsaturated/α-hetero) is 1. The fourth-order valence-electron chi connectivity index (χ4n) is 4.66. The van der Waals surface area contributed by atoms with Crippen LogP contribution in [-0.2, 0) is 11.0 Å².